The van der Waals surface area contributed by atoms with E-state index in [1.165, 1.54) is 0 Å². The van der Waals surface area contributed by atoms with Crippen molar-refractivity contribution in [1.82, 2.24) is 0 Å². The molecule has 4 bridgehead atoms. The average molecular weight is 355 g/mol. The number of methoxy groups -OCH3 is 1. The van der Waals surface area contributed by atoms with Crippen LogP contribution in [0.2, 0.25) is 0 Å². The van der Waals surface area contributed by atoms with Gasteiger partial charge in [0, 0.05) is 13.5 Å². The Balaban J connectivity index is 1.61. The lowest BCUT2D eigenvalue weighted by atomic mass is 9.46. The van der Waals surface area contributed by atoms with Crippen LogP contribution >= 0.6 is 12.0 Å². The predicted octanol–water partition coefficient (Wildman–Crippen LogP) is 1.57. The van der Waals surface area contributed by atoms with Crippen LogP contribution in [-0.2, 0) is 18.8 Å². The molecule has 4 unspecified atom stereocenters. The summed E-state index contributed by atoms with van der Waals surface area (Å²) in [6, 6.07) is 0. The Bertz CT molecular complexity index is 455. The number of aliphatic hydroxyl groups is 1. The molecule has 0 aliphatic heterocycles. The van der Waals surface area contributed by atoms with E-state index in [1.807, 2.05) is 0 Å². The Labute approximate surface area is 137 Å². The first-order chi connectivity index (χ1) is 10.7. The summed E-state index contributed by atoms with van der Waals surface area (Å²) in [4.78, 5) is 0. The van der Waals surface area contributed by atoms with E-state index < -0.39 is 17.5 Å². The second kappa shape index (κ2) is 6.05. The topological polar surface area (TPSA) is 80.2 Å². The van der Waals surface area contributed by atoms with Crippen LogP contribution in [0.5, 0.6) is 0 Å². The van der Waals surface area contributed by atoms with E-state index in [9.17, 15) is 19.1 Å². The molecule has 4 aliphatic carbocycles. The quantitative estimate of drug-likeness (QED) is 0.402. The Morgan fingerprint density at radius 2 is 2.04 bits per heavy atom. The van der Waals surface area contributed by atoms with E-state index in [0.29, 0.717) is 25.2 Å². The Hall–Kier alpha value is -0.0300. The third-order valence-electron chi connectivity index (χ3n) is 5.40. The first-order valence-corrected chi connectivity index (χ1v) is 8.35. The van der Waals surface area contributed by atoms with Crippen LogP contribution < -0.4 is 5.26 Å². The van der Waals surface area contributed by atoms with Crippen molar-refractivity contribution in [3.63, 3.8) is 0 Å². The largest absolute Gasteiger partial charge is 0.691 e. The third kappa shape index (κ3) is 3.65. The van der Waals surface area contributed by atoms with Crippen LogP contribution in [-0.4, -0.2) is 41.9 Å². The number of alkyl halides is 2. The van der Waals surface area contributed by atoms with E-state index in [1.54, 1.807) is 7.11 Å². The van der Waals surface area contributed by atoms with Gasteiger partial charge in [-0.3, -0.25) is 5.04 Å². The number of halogens is 2. The highest BCUT2D eigenvalue weighted by atomic mass is 32.2. The molecule has 6 nitrogen and oxygen atoms in total. The van der Waals surface area contributed by atoms with Crippen molar-refractivity contribution in [1.29, 1.82) is 0 Å². The maximum Gasteiger partial charge on any atom is 0.343 e. The zero-order valence-corrected chi connectivity index (χ0v) is 13.7. The first kappa shape index (κ1) is 17.8. The van der Waals surface area contributed by atoms with Crippen LogP contribution in [0.3, 0.4) is 0 Å². The van der Waals surface area contributed by atoms with Gasteiger partial charge in [0.15, 0.2) is 0 Å². The molecule has 0 amide bonds. The minimum atomic E-state index is -3.37. The van der Waals surface area contributed by atoms with E-state index in [2.05, 4.69) is 9.37 Å². The highest BCUT2D eigenvalue weighted by Gasteiger charge is 2.63. The molecule has 4 atom stereocenters. The standard InChI is InChI=1S/C14H22F2O6S/c1-19-13-4-10-2-11(6-13,5-12(17,3-10)7-13)8-20-9-14(15,16)23-22-21-18/h10,17-18H,2-9H2,1H3/p-1. The van der Waals surface area contributed by atoms with Gasteiger partial charge in [0.05, 0.1) is 17.8 Å². The number of hydrogen-bond donors (Lipinski definition) is 1. The van der Waals surface area contributed by atoms with Gasteiger partial charge in [0.2, 0.25) is 0 Å². The minimum Gasteiger partial charge on any atom is -0.691 e. The molecule has 0 spiro atoms. The molecule has 0 aromatic heterocycles. The van der Waals surface area contributed by atoms with Crippen LogP contribution in [0.4, 0.5) is 8.78 Å². The zero-order valence-electron chi connectivity index (χ0n) is 12.9. The van der Waals surface area contributed by atoms with Crippen molar-refractivity contribution >= 4 is 12.0 Å². The smallest absolute Gasteiger partial charge is 0.343 e. The molecule has 9 heteroatoms. The summed E-state index contributed by atoms with van der Waals surface area (Å²) in [5.41, 5.74) is -1.48. The summed E-state index contributed by atoms with van der Waals surface area (Å²) in [5.74, 6) is 0.340. The molecule has 0 saturated heterocycles. The molecule has 0 aromatic carbocycles. The van der Waals surface area contributed by atoms with E-state index >= 15 is 0 Å². The monoisotopic (exact) mass is 355 g/mol. The van der Waals surface area contributed by atoms with Crippen molar-refractivity contribution < 1.29 is 38.0 Å². The number of ether oxygens (including phenoxy) is 2. The molecule has 23 heavy (non-hydrogen) atoms. The first-order valence-electron chi connectivity index (χ1n) is 7.61. The molecule has 0 heterocycles. The lowest BCUT2D eigenvalue weighted by Crippen LogP contribution is -2.64. The molecule has 0 radical (unpaired) electrons. The molecular formula is C14H21F2O6S-. The molecule has 4 aliphatic rings. The van der Waals surface area contributed by atoms with Crippen LogP contribution in [0.15, 0.2) is 0 Å². The summed E-state index contributed by atoms with van der Waals surface area (Å²) in [6.45, 7) is -0.753. The van der Waals surface area contributed by atoms with Crippen molar-refractivity contribution in [3.8, 4) is 0 Å². The molecule has 0 aromatic rings. The van der Waals surface area contributed by atoms with Crippen LogP contribution in [0, 0.1) is 11.3 Å². The van der Waals surface area contributed by atoms with Gasteiger partial charge in [0.1, 0.15) is 18.6 Å². The molecule has 4 rings (SSSR count). The van der Waals surface area contributed by atoms with Gasteiger partial charge in [-0.25, -0.2) is 0 Å². The van der Waals surface area contributed by atoms with Gasteiger partial charge in [-0.05, 0) is 43.4 Å². The zero-order chi connectivity index (χ0) is 16.8. The van der Waals surface area contributed by atoms with Crippen molar-refractivity contribution in [2.45, 2.75) is 55.0 Å². The second-order valence-corrected chi connectivity index (χ2v) is 8.37. The third-order valence-corrected chi connectivity index (χ3v) is 5.88. The summed E-state index contributed by atoms with van der Waals surface area (Å²) < 4.78 is 41.4. The van der Waals surface area contributed by atoms with Gasteiger partial charge < -0.3 is 19.8 Å². The lowest BCUT2D eigenvalue weighted by molar-refractivity contribution is -0.777. The highest BCUT2D eigenvalue weighted by molar-refractivity contribution is 7.95. The second-order valence-electron chi connectivity index (χ2n) is 7.47. The van der Waals surface area contributed by atoms with E-state index in [-0.39, 0.29) is 29.7 Å². The maximum absolute atomic E-state index is 13.4. The van der Waals surface area contributed by atoms with Gasteiger partial charge >= 0.3 is 5.25 Å². The lowest BCUT2D eigenvalue weighted by Gasteiger charge is -2.64. The maximum atomic E-state index is 13.4. The summed E-state index contributed by atoms with van der Waals surface area (Å²) in [6.07, 6.45) is 4.40. The van der Waals surface area contributed by atoms with E-state index in [4.69, 9.17) is 9.47 Å². The number of hydrogen-bond acceptors (Lipinski definition) is 7. The minimum absolute atomic E-state index is 0.130. The Morgan fingerprint density at radius 1 is 1.26 bits per heavy atom. The summed E-state index contributed by atoms with van der Waals surface area (Å²) in [7, 11) is 1.65. The van der Waals surface area contributed by atoms with Crippen molar-refractivity contribution in [3.05, 3.63) is 0 Å². The summed E-state index contributed by atoms with van der Waals surface area (Å²) in [5, 5.41) is 20.0. The molecule has 134 valence electrons. The van der Waals surface area contributed by atoms with Crippen LogP contribution in [0.1, 0.15) is 38.5 Å². The number of rotatable bonds is 8. The van der Waals surface area contributed by atoms with Crippen molar-refractivity contribution in [2.24, 2.45) is 11.3 Å². The summed E-state index contributed by atoms with van der Waals surface area (Å²) >= 11 is -0.368. The predicted molar refractivity (Wildman–Crippen MR) is 73.8 cm³/mol. The Morgan fingerprint density at radius 3 is 2.70 bits per heavy atom. The molecule has 1 N–H and O–H groups in total. The SMILES string of the molecule is COC12CC3CC(O)(CC(COCC(F)(F)SOO[O-])(C3)C1)C2. The van der Waals surface area contributed by atoms with E-state index in [0.717, 1.165) is 19.3 Å². The molecular weight excluding hydrogens is 334 g/mol. The van der Waals surface area contributed by atoms with Gasteiger partial charge in [-0.1, -0.05) is 0 Å². The normalized spacial score (nSPS) is 42.4. The molecule has 4 fully saturated rings. The van der Waals surface area contributed by atoms with Crippen LogP contribution in [0.25, 0.3) is 0 Å². The fourth-order valence-electron chi connectivity index (χ4n) is 5.36. The fourth-order valence-corrected chi connectivity index (χ4v) is 5.62. The van der Waals surface area contributed by atoms with Gasteiger partial charge in [-0.2, -0.15) is 13.1 Å². The van der Waals surface area contributed by atoms with Gasteiger partial charge in [-0.15, -0.1) is 0 Å². The Kier molecular flexibility index (Phi) is 4.68. The highest BCUT2D eigenvalue weighted by Crippen LogP contribution is 2.64. The van der Waals surface area contributed by atoms with Crippen molar-refractivity contribution in [2.75, 3.05) is 20.3 Å². The molecule has 4 saturated carbocycles. The van der Waals surface area contributed by atoms with Gasteiger partial charge in [0.25, 0.3) is 0 Å². The average Bonchev–Trinajstić information content (AvgIpc) is 2.42. The fraction of sp³-hybridized carbons (Fsp3) is 1.00.